The van der Waals surface area contributed by atoms with E-state index in [0.29, 0.717) is 0 Å². The average molecular weight is 256 g/mol. The van der Waals surface area contributed by atoms with E-state index in [1.165, 1.54) is 12.3 Å². The summed E-state index contributed by atoms with van der Waals surface area (Å²) in [6.45, 7) is 1.66. The number of carbonyl (C=O) groups excluding carboxylic acids is 1. The molecule has 7 heteroatoms. The van der Waals surface area contributed by atoms with Gasteiger partial charge in [0.15, 0.2) is 5.25 Å². The molecule has 1 aliphatic heterocycles. The molecule has 1 saturated heterocycles. The van der Waals surface area contributed by atoms with E-state index in [9.17, 15) is 13.2 Å². The Morgan fingerprint density at radius 2 is 2.24 bits per heavy atom. The summed E-state index contributed by atoms with van der Waals surface area (Å²) in [7, 11) is -3.78. The van der Waals surface area contributed by atoms with Crippen molar-refractivity contribution in [3.05, 3.63) is 24.4 Å². The number of rotatable bonds is 3. The summed E-state index contributed by atoms with van der Waals surface area (Å²) < 4.78 is 30.9. The Bertz CT molecular complexity index is 514. The van der Waals surface area contributed by atoms with E-state index in [-0.39, 0.29) is 18.3 Å². The Hall–Kier alpha value is -1.63. The quantitative estimate of drug-likeness (QED) is 0.797. The number of anilines is 1. The fourth-order valence-electron chi connectivity index (χ4n) is 1.61. The Labute approximate surface area is 99.1 Å². The van der Waals surface area contributed by atoms with Gasteiger partial charge in [0.25, 0.3) is 0 Å². The molecular weight excluding hydrogens is 244 g/mol. The minimum absolute atomic E-state index is 0.168. The van der Waals surface area contributed by atoms with E-state index in [0.717, 1.165) is 0 Å². The minimum Gasteiger partial charge on any atom is -0.462 e. The van der Waals surface area contributed by atoms with Gasteiger partial charge in [0.2, 0.25) is 10.0 Å². The van der Waals surface area contributed by atoms with Crippen molar-refractivity contribution in [2.45, 2.75) is 24.7 Å². The molecule has 2 rings (SSSR count). The van der Waals surface area contributed by atoms with Gasteiger partial charge in [-0.3, -0.25) is 9.52 Å². The molecule has 17 heavy (non-hydrogen) atoms. The molecule has 92 valence electrons. The minimum atomic E-state index is -3.78. The molecule has 1 aliphatic rings. The topological polar surface area (TPSA) is 85.4 Å². The van der Waals surface area contributed by atoms with E-state index < -0.39 is 21.2 Å². The van der Waals surface area contributed by atoms with E-state index in [1.807, 2.05) is 0 Å². The number of carbonyl (C=O) groups is 1. The number of pyridine rings is 1. The van der Waals surface area contributed by atoms with Crippen LogP contribution in [0.2, 0.25) is 0 Å². The van der Waals surface area contributed by atoms with Gasteiger partial charge in [-0.05, 0) is 19.1 Å². The number of nitrogens with one attached hydrogen (secondary N) is 1. The zero-order valence-electron chi connectivity index (χ0n) is 9.16. The lowest BCUT2D eigenvalue weighted by atomic mass is 10.3. The molecule has 0 bridgehead atoms. The van der Waals surface area contributed by atoms with Gasteiger partial charge in [-0.15, -0.1) is 0 Å². The lowest BCUT2D eigenvalue weighted by Gasteiger charge is -2.09. The molecule has 0 aliphatic carbocycles. The monoisotopic (exact) mass is 256 g/mol. The van der Waals surface area contributed by atoms with Gasteiger partial charge in [-0.1, -0.05) is 6.07 Å². The molecule has 0 spiro atoms. The molecule has 2 unspecified atom stereocenters. The fraction of sp³-hybridized carbons (Fsp3) is 0.400. The first-order valence-corrected chi connectivity index (χ1v) is 6.67. The van der Waals surface area contributed by atoms with Crippen LogP contribution in [0.4, 0.5) is 5.82 Å². The van der Waals surface area contributed by atoms with Crippen molar-refractivity contribution in [1.82, 2.24) is 4.98 Å². The van der Waals surface area contributed by atoms with Crippen LogP contribution in [0.15, 0.2) is 24.4 Å². The number of hydrogen-bond acceptors (Lipinski definition) is 5. The molecule has 0 amide bonds. The smallest absolute Gasteiger partial charge is 0.326 e. The van der Waals surface area contributed by atoms with Crippen LogP contribution < -0.4 is 4.72 Å². The third-order valence-electron chi connectivity index (χ3n) is 2.41. The van der Waals surface area contributed by atoms with Gasteiger partial charge in [0, 0.05) is 12.6 Å². The number of esters is 1. The van der Waals surface area contributed by atoms with Crippen molar-refractivity contribution in [2.24, 2.45) is 0 Å². The molecule has 2 atom stereocenters. The Morgan fingerprint density at radius 3 is 2.76 bits per heavy atom. The number of nitrogens with zero attached hydrogens (tertiary/aromatic N) is 1. The highest BCUT2D eigenvalue weighted by Gasteiger charge is 2.42. The molecule has 2 heterocycles. The molecule has 0 radical (unpaired) electrons. The number of aromatic nitrogens is 1. The summed E-state index contributed by atoms with van der Waals surface area (Å²) in [4.78, 5) is 15.2. The Balaban J connectivity index is 2.18. The van der Waals surface area contributed by atoms with E-state index in [4.69, 9.17) is 4.74 Å². The van der Waals surface area contributed by atoms with Gasteiger partial charge < -0.3 is 4.74 Å². The highest BCUT2D eigenvalue weighted by molar-refractivity contribution is 7.94. The maximum atomic E-state index is 11.9. The summed E-state index contributed by atoms with van der Waals surface area (Å²) in [5.74, 6) is -0.513. The third-order valence-corrected chi connectivity index (χ3v) is 4.04. The second kappa shape index (κ2) is 4.33. The van der Waals surface area contributed by atoms with Gasteiger partial charge in [-0.25, -0.2) is 13.4 Å². The lowest BCUT2D eigenvalue weighted by Crippen LogP contribution is -2.31. The average Bonchev–Trinajstić information content (AvgIpc) is 2.59. The van der Waals surface area contributed by atoms with Crippen molar-refractivity contribution in [3.8, 4) is 0 Å². The molecular formula is C10H12N2O4S. The van der Waals surface area contributed by atoms with Crippen molar-refractivity contribution in [1.29, 1.82) is 0 Å². The Kier molecular flexibility index (Phi) is 3.01. The lowest BCUT2D eigenvalue weighted by molar-refractivity contribution is -0.140. The molecule has 0 aromatic carbocycles. The first-order valence-electron chi connectivity index (χ1n) is 5.12. The van der Waals surface area contributed by atoms with Crippen molar-refractivity contribution >= 4 is 21.8 Å². The zero-order valence-corrected chi connectivity index (χ0v) is 9.98. The summed E-state index contributed by atoms with van der Waals surface area (Å²) in [5.41, 5.74) is 0. The first-order chi connectivity index (χ1) is 7.99. The summed E-state index contributed by atoms with van der Waals surface area (Å²) in [6, 6.07) is 4.84. The molecule has 1 aromatic rings. The molecule has 6 nitrogen and oxygen atoms in total. The number of ether oxygens (including phenoxy) is 1. The van der Waals surface area contributed by atoms with Gasteiger partial charge in [0.05, 0.1) is 0 Å². The van der Waals surface area contributed by atoms with E-state index >= 15 is 0 Å². The standard InChI is InChI=1S/C10H12N2O4S/c1-7-6-8(10(13)16-7)17(14,15)12-9-4-2-3-5-11-9/h2-5,7-8H,6H2,1H3,(H,11,12). The van der Waals surface area contributed by atoms with Crippen LogP contribution in [0, 0.1) is 0 Å². The highest BCUT2D eigenvalue weighted by atomic mass is 32.2. The third kappa shape index (κ3) is 2.55. The van der Waals surface area contributed by atoms with Crippen LogP contribution in [-0.4, -0.2) is 30.7 Å². The number of sulfonamides is 1. The second-order valence-electron chi connectivity index (χ2n) is 3.83. The summed E-state index contributed by atoms with van der Waals surface area (Å²) in [6.07, 6.45) is 1.27. The number of cyclic esters (lactones) is 1. The maximum absolute atomic E-state index is 11.9. The maximum Gasteiger partial charge on any atom is 0.326 e. The number of hydrogen-bond donors (Lipinski definition) is 1. The first kappa shape index (κ1) is 11.8. The van der Waals surface area contributed by atoms with Crippen molar-refractivity contribution in [3.63, 3.8) is 0 Å². The fourth-order valence-corrected chi connectivity index (χ4v) is 3.00. The highest BCUT2D eigenvalue weighted by Crippen LogP contribution is 2.22. The van der Waals surface area contributed by atoms with Gasteiger partial charge in [0.1, 0.15) is 11.9 Å². The van der Waals surface area contributed by atoms with E-state index in [1.54, 1.807) is 19.1 Å². The molecule has 1 N–H and O–H groups in total. The van der Waals surface area contributed by atoms with Crippen LogP contribution in [0.25, 0.3) is 0 Å². The normalized spacial score (nSPS) is 24.4. The molecule has 1 fully saturated rings. The van der Waals surface area contributed by atoms with Crippen molar-refractivity contribution < 1.29 is 17.9 Å². The van der Waals surface area contributed by atoms with Crippen LogP contribution in [0.3, 0.4) is 0 Å². The van der Waals surface area contributed by atoms with Gasteiger partial charge in [-0.2, -0.15) is 0 Å². The zero-order chi connectivity index (χ0) is 12.5. The van der Waals surface area contributed by atoms with Crippen LogP contribution >= 0.6 is 0 Å². The van der Waals surface area contributed by atoms with Crippen molar-refractivity contribution in [2.75, 3.05) is 4.72 Å². The molecule has 0 saturated carbocycles. The van der Waals surface area contributed by atoms with Crippen LogP contribution in [0.5, 0.6) is 0 Å². The van der Waals surface area contributed by atoms with Crippen LogP contribution in [-0.2, 0) is 19.6 Å². The summed E-state index contributed by atoms with van der Waals surface area (Å²) in [5, 5.41) is -1.15. The van der Waals surface area contributed by atoms with E-state index in [2.05, 4.69) is 9.71 Å². The summed E-state index contributed by atoms with van der Waals surface area (Å²) >= 11 is 0. The SMILES string of the molecule is CC1CC(S(=O)(=O)Nc2ccccn2)C(=O)O1. The van der Waals surface area contributed by atoms with Crippen LogP contribution in [0.1, 0.15) is 13.3 Å². The largest absolute Gasteiger partial charge is 0.462 e. The predicted octanol–water partition coefficient (Wildman–Crippen LogP) is 0.527. The Morgan fingerprint density at radius 1 is 1.47 bits per heavy atom. The molecule has 1 aromatic heterocycles. The van der Waals surface area contributed by atoms with Gasteiger partial charge >= 0.3 is 5.97 Å². The second-order valence-corrected chi connectivity index (χ2v) is 5.70. The predicted molar refractivity (Wildman–Crippen MR) is 60.7 cm³/mol.